The lowest BCUT2D eigenvalue weighted by Gasteiger charge is -2.30. The van der Waals surface area contributed by atoms with Crippen LogP contribution in [0, 0.1) is 0 Å². The molecule has 2 fully saturated rings. The summed E-state index contributed by atoms with van der Waals surface area (Å²) >= 11 is 0. The Labute approximate surface area is 387 Å². The molecule has 2 aromatic rings. The van der Waals surface area contributed by atoms with Crippen molar-refractivity contribution in [1.29, 1.82) is 0 Å². The van der Waals surface area contributed by atoms with Gasteiger partial charge in [0.15, 0.2) is 0 Å². The van der Waals surface area contributed by atoms with Crippen molar-refractivity contribution in [2.24, 2.45) is 0 Å². The lowest BCUT2D eigenvalue weighted by atomic mass is 9.98. The first-order valence-corrected chi connectivity index (χ1v) is 23.0. The maximum absolute atomic E-state index is 14.1. The van der Waals surface area contributed by atoms with Gasteiger partial charge in [0, 0.05) is 19.5 Å². The first kappa shape index (κ1) is 52.4. The number of ether oxygens (including phenoxy) is 4. The number of benzene rings is 2. The van der Waals surface area contributed by atoms with Gasteiger partial charge in [-0.3, -0.25) is 24.0 Å². The van der Waals surface area contributed by atoms with Crippen molar-refractivity contribution in [3.8, 4) is 0 Å². The summed E-state index contributed by atoms with van der Waals surface area (Å²) in [6, 6.07) is 12.6. The van der Waals surface area contributed by atoms with E-state index >= 15 is 0 Å². The fourth-order valence-corrected chi connectivity index (χ4v) is 7.51. The average molecular weight is 921 g/mol. The standard InChI is InChI=1S/C48H68N6O12/c1-32(50-43(58)39-25-17-29-54(39)44(59)38(53-47(62)66-48(3,4)5)26-27-40(55)65-36-22-13-8-14-23-36)41(56)52-37(24-15-16-28-49-46(61)64-31-35-20-11-7-12-21-35)42(57)51-33(2)45(60)63-30-34-18-9-6-10-19-34/h6-7,9-12,18-21,32-33,36-39H,8,13-17,22-31H2,1-5H3,(H,49,61)(H,50,58)(H,51,57)(H,52,56)(H,53,62)/t32-,33-,37+,38-,39+/m1/s1. The third kappa shape index (κ3) is 18.7. The number of hydrogen-bond acceptors (Lipinski definition) is 12. The Morgan fingerprint density at radius 2 is 1.30 bits per heavy atom. The van der Waals surface area contributed by atoms with Gasteiger partial charge in [-0.1, -0.05) is 67.1 Å². The number of nitrogens with one attached hydrogen (secondary N) is 5. The summed E-state index contributed by atoms with van der Waals surface area (Å²) in [7, 11) is 0. The molecule has 18 heteroatoms. The second-order valence-corrected chi connectivity index (χ2v) is 17.8. The Hall–Kier alpha value is -6.20. The smallest absolute Gasteiger partial charge is 0.408 e. The Kier molecular flexibility index (Phi) is 21.2. The molecule has 4 rings (SSSR count). The Morgan fingerprint density at radius 1 is 0.667 bits per heavy atom. The quantitative estimate of drug-likeness (QED) is 0.0605. The third-order valence-corrected chi connectivity index (χ3v) is 11.0. The highest BCUT2D eigenvalue weighted by atomic mass is 16.6. The van der Waals surface area contributed by atoms with E-state index in [2.05, 4.69) is 26.6 Å². The highest BCUT2D eigenvalue weighted by molar-refractivity contribution is 5.96. The van der Waals surface area contributed by atoms with Crippen LogP contribution in [0.2, 0.25) is 0 Å². The normalized spacial score (nSPS) is 16.9. The van der Waals surface area contributed by atoms with Gasteiger partial charge in [-0.2, -0.15) is 0 Å². The summed E-state index contributed by atoms with van der Waals surface area (Å²) in [5, 5.41) is 13.2. The zero-order valence-corrected chi connectivity index (χ0v) is 38.9. The summed E-state index contributed by atoms with van der Waals surface area (Å²) in [6.45, 7) is 8.43. The molecule has 0 spiro atoms. The van der Waals surface area contributed by atoms with Gasteiger partial charge in [-0.05, 0) is 110 Å². The minimum atomic E-state index is -1.21. The monoisotopic (exact) mass is 920 g/mol. The van der Waals surface area contributed by atoms with Crippen LogP contribution >= 0.6 is 0 Å². The molecule has 2 aliphatic rings. The van der Waals surface area contributed by atoms with Crippen molar-refractivity contribution in [1.82, 2.24) is 31.5 Å². The van der Waals surface area contributed by atoms with Crippen LogP contribution in [0.4, 0.5) is 9.59 Å². The van der Waals surface area contributed by atoms with E-state index in [-0.39, 0.29) is 58.1 Å². The molecule has 1 heterocycles. The molecule has 66 heavy (non-hydrogen) atoms. The number of esters is 2. The highest BCUT2D eigenvalue weighted by Crippen LogP contribution is 2.23. The largest absolute Gasteiger partial charge is 0.462 e. The summed E-state index contributed by atoms with van der Waals surface area (Å²) in [6.07, 6.45) is 4.30. The minimum absolute atomic E-state index is 0.00200. The van der Waals surface area contributed by atoms with Gasteiger partial charge < -0.3 is 50.4 Å². The summed E-state index contributed by atoms with van der Waals surface area (Å²) in [5.41, 5.74) is 0.722. The van der Waals surface area contributed by atoms with E-state index in [0.29, 0.717) is 19.3 Å². The molecule has 18 nitrogen and oxygen atoms in total. The molecular formula is C48H68N6O12. The van der Waals surface area contributed by atoms with E-state index in [0.717, 1.165) is 43.2 Å². The highest BCUT2D eigenvalue weighted by Gasteiger charge is 2.39. The van der Waals surface area contributed by atoms with Gasteiger partial charge >= 0.3 is 24.1 Å². The average Bonchev–Trinajstić information content (AvgIpc) is 3.79. The number of likely N-dealkylation sites (tertiary alicyclic amines) is 1. The molecular weight excluding hydrogens is 853 g/mol. The maximum Gasteiger partial charge on any atom is 0.408 e. The topological polar surface area (TPSA) is 237 Å². The molecule has 1 saturated carbocycles. The predicted molar refractivity (Wildman–Crippen MR) is 242 cm³/mol. The first-order chi connectivity index (χ1) is 31.5. The summed E-state index contributed by atoms with van der Waals surface area (Å²) < 4.78 is 21.7. The van der Waals surface area contributed by atoms with E-state index in [1.165, 1.54) is 18.7 Å². The van der Waals surface area contributed by atoms with Crippen LogP contribution in [-0.4, -0.2) is 108 Å². The van der Waals surface area contributed by atoms with Crippen molar-refractivity contribution in [2.75, 3.05) is 13.1 Å². The van der Waals surface area contributed by atoms with Crippen molar-refractivity contribution in [2.45, 2.75) is 167 Å². The minimum Gasteiger partial charge on any atom is -0.462 e. The van der Waals surface area contributed by atoms with Crippen LogP contribution in [0.3, 0.4) is 0 Å². The van der Waals surface area contributed by atoms with E-state index in [9.17, 15) is 38.4 Å². The van der Waals surface area contributed by atoms with Gasteiger partial charge in [-0.15, -0.1) is 0 Å². The van der Waals surface area contributed by atoms with Gasteiger partial charge in [-0.25, -0.2) is 14.4 Å². The van der Waals surface area contributed by atoms with E-state index in [4.69, 9.17) is 18.9 Å². The molecule has 1 aliphatic carbocycles. The Morgan fingerprint density at radius 3 is 1.94 bits per heavy atom. The van der Waals surface area contributed by atoms with Crippen LogP contribution in [0.5, 0.6) is 0 Å². The molecule has 2 aromatic carbocycles. The number of carbonyl (C=O) groups excluding carboxylic acids is 8. The molecule has 0 aromatic heterocycles. The zero-order chi connectivity index (χ0) is 48.1. The van der Waals surface area contributed by atoms with Crippen molar-refractivity contribution in [3.05, 3.63) is 71.8 Å². The lowest BCUT2D eigenvalue weighted by molar-refractivity contribution is -0.151. The number of carbonyl (C=O) groups is 8. The number of rotatable bonds is 22. The Balaban J connectivity index is 1.36. The molecule has 0 unspecified atom stereocenters. The van der Waals surface area contributed by atoms with Gasteiger partial charge in [0.05, 0.1) is 0 Å². The molecule has 5 N–H and O–H groups in total. The van der Waals surface area contributed by atoms with Crippen LogP contribution in [0.15, 0.2) is 60.7 Å². The molecule has 0 bridgehead atoms. The zero-order valence-electron chi connectivity index (χ0n) is 38.9. The van der Waals surface area contributed by atoms with Gasteiger partial charge in [0.25, 0.3) is 0 Å². The van der Waals surface area contributed by atoms with Gasteiger partial charge in [0.2, 0.25) is 23.6 Å². The maximum atomic E-state index is 14.1. The fraction of sp³-hybridized carbons (Fsp3) is 0.583. The number of alkyl carbamates (subject to hydrolysis) is 2. The van der Waals surface area contributed by atoms with Gasteiger partial charge in [0.1, 0.15) is 55.1 Å². The molecule has 1 saturated heterocycles. The van der Waals surface area contributed by atoms with E-state index < -0.39 is 83.6 Å². The van der Waals surface area contributed by atoms with Crippen LogP contribution in [0.25, 0.3) is 0 Å². The Bertz CT molecular complexity index is 1920. The van der Waals surface area contributed by atoms with Crippen LogP contribution < -0.4 is 26.6 Å². The molecule has 5 atom stereocenters. The SMILES string of the molecule is C[C@@H](NC(=O)[C@@H]1CCCN1C(=O)[C@@H](CCC(=O)OC1CCCCC1)NC(=O)OC(C)(C)C)C(=O)N[C@@H](CCCCNC(=O)OCc1ccccc1)C(=O)N[C@H](C)C(=O)OCc1ccccc1. The number of unbranched alkanes of at least 4 members (excludes halogenated alkanes) is 1. The predicted octanol–water partition coefficient (Wildman–Crippen LogP) is 4.86. The number of nitrogens with zero attached hydrogens (tertiary/aromatic N) is 1. The fourth-order valence-electron chi connectivity index (χ4n) is 7.51. The summed E-state index contributed by atoms with van der Waals surface area (Å²) in [4.78, 5) is 107. The number of hydrogen-bond donors (Lipinski definition) is 5. The molecule has 0 radical (unpaired) electrons. The first-order valence-electron chi connectivity index (χ1n) is 23.0. The molecule has 362 valence electrons. The lowest BCUT2D eigenvalue weighted by Crippen LogP contribution is -2.57. The van der Waals surface area contributed by atoms with Crippen molar-refractivity contribution < 1.29 is 57.3 Å². The van der Waals surface area contributed by atoms with Crippen molar-refractivity contribution in [3.63, 3.8) is 0 Å². The summed E-state index contributed by atoms with van der Waals surface area (Å²) in [5.74, 6) is -3.76. The third-order valence-electron chi connectivity index (χ3n) is 11.0. The van der Waals surface area contributed by atoms with E-state index in [1.54, 1.807) is 45.0 Å². The van der Waals surface area contributed by atoms with Crippen LogP contribution in [0.1, 0.15) is 123 Å². The van der Waals surface area contributed by atoms with Crippen molar-refractivity contribution >= 4 is 47.8 Å². The second kappa shape index (κ2) is 26.7. The molecule has 6 amide bonds. The van der Waals surface area contributed by atoms with Crippen LogP contribution in [-0.2, 0) is 60.9 Å². The van der Waals surface area contributed by atoms with E-state index in [1.807, 2.05) is 36.4 Å². The molecule has 1 aliphatic heterocycles. The second-order valence-electron chi connectivity index (χ2n) is 17.8. The number of amides is 6.